The molecule has 11 nitrogen and oxygen atoms in total. The number of benzene rings is 6. The molecule has 6 aliphatic rings. The monoisotopic (exact) mass is 845 g/mol. The summed E-state index contributed by atoms with van der Waals surface area (Å²) in [4.78, 5) is 87.1. The predicted molar refractivity (Wildman–Crippen MR) is 239 cm³/mol. The van der Waals surface area contributed by atoms with E-state index in [1.807, 2.05) is 149 Å². The molecule has 12 rings (SSSR count). The quantitative estimate of drug-likeness (QED) is 0.114. The van der Waals surface area contributed by atoms with Crippen molar-refractivity contribution in [1.82, 2.24) is 9.80 Å². The van der Waals surface area contributed by atoms with Crippen molar-refractivity contribution in [1.29, 1.82) is 0 Å². The van der Waals surface area contributed by atoms with Crippen molar-refractivity contribution in [2.24, 2.45) is 11.3 Å². The number of nitrogens with zero attached hydrogens (tertiary/aromatic N) is 4. The Morgan fingerprint density at radius 1 is 0.625 bits per heavy atom. The molecule has 3 amide bonds. The molecule has 2 fully saturated rings. The lowest BCUT2D eigenvalue weighted by atomic mass is 9.53. The third-order valence-corrected chi connectivity index (χ3v) is 15.3. The van der Waals surface area contributed by atoms with Crippen molar-refractivity contribution in [3.63, 3.8) is 0 Å². The molecule has 1 N–H and O–H groups in total. The van der Waals surface area contributed by atoms with Crippen LogP contribution in [0.25, 0.3) is 0 Å². The van der Waals surface area contributed by atoms with Crippen molar-refractivity contribution in [3.8, 4) is 5.75 Å². The minimum Gasteiger partial charge on any atom is -0.425 e. The number of hydrogen-bond donors (Lipinski definition) is 1. The van der Waals surface area contributed by atoms with E-state index in [9.17, 15) is 0 Å². The van der Waals surface area contributed by atoms with E-state index in [0.717, 1.165) is 11.1 Å². The Morgan fingerprint density at radius 2 is 1.17 bits per heavy atom. The van der Waals surface area contributed by atoms with Gasteiger partial charge in [-0.05, 0) is 55.1 Å². The lowest BCUT2D eigenvalue weighted by molar-refractivity contribution is -0.158. The zero-order valence-electron chi connectivity index (χ0n) is 35.2. The van der Waals surface area contributed by atoms with Gasteiger partial charge in [-0.2, -0.15) is 0 Å². The van der Waals surface area contributed by atoms with E-state index in [1.54, 1.807) is 42.1 Å². The first-order valence-electron chi connectivity index (χ1n) is 21.7. The Morgan fingerprint density at radius 3 is 1.86 bits per heavy atom. The lowest BCUT2D eigenvalue weighted by Crippen LogP contribution is -2.65. The average molecular weight is 846 g/mol. The topological polar surface area (TPSA) is 120 Å². The van der Waals surface area contributed by atoms with Crippen molar-refractivity contribution in [2.75, 3.05) is 42.3 Å². The number of para-hydroxylation sites is 4. The van der Waals surface area contributed by atoms with E-state index < -0.39 is 51.4 Å². The third kappa shape index (κ3) is 4.45. The molecular formula is C53H43N5O6. The van der Waals surface area contributed by atoms with Crippen LogP contribution in [0.5, 0.6) is 5.75 Å². The van der Waals surface area contributed by atoms with E-state index in [1.165, 1.54) is 0 Å². The molecule has 0 radical (unpaired) electrons. The molecule has 2 saturated heterocycles. The highest BCUT2D eigenvalue weighted by molar-refractivity contribution is 6.23. The first kappa shape index (κ1) is 38.5. The van der Waals surface area contributed by atoms with Gasteiger partial charge < -0.3 is 19.9 Å². The number of likely N-dealkylation sites (N-methyl/N-ethyl adjacent to an activating group) is 2. The van der Waals surface area contributed by atoms with Crippen LogP contribution in [0.4, 0.5) is 17.1 Å². The summed E-state index contributed by atoms with van der Waals surface area (Å²) < 4.78 is 6.28. The summed E-state index contributed by atoms with van der Waals surface area (Å²) in [5.41, 5.74) is -1.17. The van der Waals surface area contributed by atoms with Gasteiger partial charge in [0.05, 0.1) is 19.0 Å². The van der Waals surface area contributed by atoms with Gasteiger partial charge in [-0.3, -0.25) is 33.8 Å². The van der Waals surface area contributed by atoms with Crippen LogP contribution in [-0.2, 0) is 53.6 Å². The number of Topliss-reactive ketones (excluding diaryl/α,β-unsaturated/α-hetero) is 1. The van der Waals surface area contributed by atoms with Gasteiger partial charge in [0.25, 0.3) is 11.8 Å². The number of anilines is 3. The van der Waals surface area contributed by atoms with Gasteiger partial charge in [0.2, 0.25) is 5.91 Å². The number of esters is 1. The lowest BCUT2D eigenvalue weighted by Gasteiger charge is -2.46. The second-order valence-electron chi connectivity index (χ2n) is 18.1. The molecule has 6 aliphatic heterocycles. The summed E-state index contributed by atoms with van der Waals surface area (Å²) in [5.74, 6) is -4.52. The van der Waals surface area contributed by atoms with Crippen molar-refractivity contribution in [3.05, 3.63) is 191 Å². The summed E-state index contributed by atoms with van der Waals surface area (Å²) in [5, 5.41) is 3.12. The molecule has 0 saturated carbocycles. The van der Waals surface area contributed by atoms with Crippen molar-refractivity contribution < 1.29 is 28.7 Å². The summed E-state index contributed by atoms with van der Waals surface area (Å²) in [6.07, 6.45) is 0. The molecule has 6 atom stereocenters. The average Bonchev–Trinajstić information content (AvgIpc) is 4.03. The summed E-state index contributed by atoms with van der Waals surface area (Å²) in [7, 11) is 3.60. The van der Waals surface area contributed by atoms with Gasteiger partial charge in [-0.1, -0.05) is 133 Å². The number of carbonyl (C=O) groups is 5. The number of ketones is 1. The zero-order valence-corrected chi connectivity index (χ0v) is 35.2. The Labute approximate surface area is 369 Å². The molecule has 0 unspecified atom stereocenters. The first-order valence-corrected chi connectivity index (χ1v) is 21.7. The number of carbonyl (C=O) groups excluding carboxylic acids is 5. The number of amides is 3. The van der Waals surface area contributed by atoms with Gasteiger partial charge >= 0.3 is 5.97 Å². The normalized spacial score (nSPS) is 28.7. The molecule has 6 aromatic rings. The minimum atomic E-state index is -2.01. The maximum atomic E-state index is 16.9. The molecule has 0 aliphatic carbocycles. The van der Waals surface area contributed by atoms with E-state index >= 15 is 24.0 Å². The fraction of sp³-hybridized carbons (Fsp3) is 0.226. The highest BCUT2D eigenvalue weighted by atomic mass is 16.5. The van der Waals surface area contributed by atoms with Crippen LogP contribution in [0, 0.1) is 11.3 Å². The van der Waals surface area contributed by atoms with Gasteiger partial charge in [-0.25, -0.2) is 0 Å². The van der Waals surface area contributed by atoms with E-state index in [4.69, 9.17) is 4.74 Å². The zero-order chi connectivity index (χ0) is 43.8. The van der Waals surface area contributed by atoms with Crippen LogP contribution < -0.4 is 19.9 Å². The first-order chi connectivity index (χ1) is 31.1. The number of hydrogen-bond acceptors (Lipinski definition) is 8. The number of fused-ring (bicyclic) bond motifs is 11. The molecule has 6 aromatic carbocycles. The van der Waals surface area contributed by atoms with Crippen LogP contribution in [0.15, 0.2) is 158 Å². The van der Waals surface area contributed by atoms with Crippen molar-refractivity contribution in [2.45, 2.75) is 35.5 Å². The molecule has 0 aromatic heterocycles. The number of ether oxygens (including phenoxy) is 1. The van der Waals surface area contributed by atoms with Gasteiger partial charge in [0, 0.05) is 52.8 Å². The summed E-state index contributed by atoms with van der Waals surface area (Å²) in [6.45, 7) is 0.265. The van der Waals surface area contributed by atoms with E-state index in [2.05, 4.69) is 5.32 Å². The second kappa shape index (κ2) is 13.4. The van der Waals surface area contributed by atoms with Crippen LogP contribution in [0.2, 0.25) is 0 Å². The van der Waals surface area contributed by atoms with Crippen LogP contribution >= 0.6 is 0 Å². The van der Waals surface area contributed by atoms with Crippen molar-refractivity contribution >= 4 is 46.5 Å². The smallest absolute Gasteiger partial charge is 0.327 e. The highest BCUT2D eigenvalue weighted by Crippen LogP contribution is 2.70. The third-order valence-electron chi connectivity index (χ3n) is 15.3. The molecule has 3 spiro atoms. The number of rotatable bonds is 6. The van der Waals surface area contributed by atoms with E-state index in [-0.39, 0.29) is 43.7 Å². The van der Waals surface area contributed by atoms with Crippen LogP contribution in [-0.4, -0.2) is 66.5 Å². The van der Waals surface area contributed by atoms with Gasteiger partial charge in [0.15, 0.2) is 5.78 Å². The standard InChI is InChI=1S/C53H43N5O6/c1-55-31-39(51(36-22-10-13-25-40(36)54-46(51)60)53(55)38-24-12-15-27-42(38)58(48(53)62)30-34-19-7-4-8-20-34)45(59)50-32-56(2)52(44(50)35-21-9-16-28-43(35)64-49(50)63)37-23-11-14-26-41(37)57(47(52)61)29-33-17-5-3-6-18-33/h3-28,39,44H,29-32H2,1-2H3,(H,54,60)/t39-,44+,50+,51+,52-,53+/m0/s1. The van der Waals surface area contributed by atoms with Crippen LogP contribution in [0.1, 0.15) is 39.3 Å². The maximum absolute atomic E-state index is 16.9. The molecular weight excluding hydrogens is 803 g/mol. The molecule has 6 heterocycles. The molecule has 11 heteroatoms. The second-order valence-corrected chi connectivity index (χ2v) is 18.1. The van der Waals surface area contributed by atoms with Gasteiger partial charge in [-0.15, -0.1) is 0 Å². The Kier molecular flexibility index (Phi) is 8.05. The minimum absolute atomic E-state index is 0.0510. The Bertz CT molecular complexity index is 3010. The summed E-state index contributed by atoms with van der Waals surface area (Å²) in [6, 6.07) is 49.0. The highest BCUT2D eigenvalue weighted by Gasteiger charge is 2.83. The predicted octanol–water partition coefficient (Wildman–Crippen LogP) is 6.53. The molecule has 64 heavy (non-hydrogen) atoms. The largest absolute Gasteiger partial charge is 0.425 e. The van der Waals surface area contributed by atoms with Crippen LogP contribution in [0.3, 0.4) is 0 Å². The van der Waals surface area contributed by atoms with Gasteiger partial charge in [0.1, 0.15) is 27.7 Å². The molecule has 0 bridgehead atoms. The number of nitrogens with one attached hydrogen (secondary N) is 1. The van der Waals surface area contributed by atoms with E-state index in [0.29, 0.717) is 39.3 Å². The SMILES string of the molecule is CN1C[C@@]2(C(=O)[C@@H]3CN(C)[C@]4(C(=O)N(Cc5ccccc5)c5ccccc54)[C@@]34C(=O)Nc3ccccc34)C(=O)Oc3ccccc3[C@H]2[C@@]12C(=O)N(Cc1ccccc1)c1ccccc12. The maximum Gasteiger partial charge on any atom is 0.327 e. The fourth-order valence-corrected chi connectivity index (χ4v) is 13.0. The fourth-order valence-electron chi connectivity index (χ4n) is 13.0. The number of likely N-dealkylation sites (tertiary alicyclic amines) is 2. The molecule has 316 valence electrons. The summed E-state index contributed by atoms with van der Waals surface area (Å²) >= 11 is 0. The Balaban J connectivity index is 1.09. The Hall–Kier alpha value is -7.21.